The number of anilines is 1. The Kier molecular flexibility index (Phi) is 6.87. The SMILES string of the molecule is Cl.Cl.OC1(c2nc(-c3ccc(C(F)(F)F)cc3)c[nH]2)CCN(c2ncnc3[nH]ncc23)CC1. The van der Waals surface area contributed by atoms with Crippen LogP contribution in [-0.4, -0.2) is 48.3 Å². The van der Waals surface area contributed by atoms with Crippen LogP contribution in [0.15, 0.2) is 43.0 Å². The van der Waals surface area contributed by atoms with Gasteiger partial charge >= 0.3 is 6.18 Å². The summed E-state index contributed by atoms with van der Waals surface area (Å²) >= 11 is 0. The lowest BCUT2D eigenvalue weighted by Crippen LogP contribution is -2.43. The van der Waals surface area contributed by atoms with Crippen LogP contribution in [0.2, 0.25) is 0 Å². The van der Waals surface area contributed by atoms with Crippen molar-refractivity contribution in [3.8, 4) is 11.3 Å². The minimum atomic E-state index is -4.38. The molecule has 176 valence electrons. The topological polar surface area (TPSA) is 107 Å². The number of imidazole rings is 1. The van der Waals surface area contributed by atoms with Gasteiger partial charge in [-0.15, -0.1) is 24.8 Å². The smallest absolute Gasteiger partial charge is 0.382 e. The van der Waals surface area contributed by atoms with Crippen molar-refractivity contribution in [2.24, 2.45) is 0 Å². The Bertz CT molecular complexity index is 1220. The number of alkyl halides is 3. The number of piperidine rings is 1. The third-order valence-corrected chi connectivity index (χ3v) is 5.64. The van der Waals surface area contributed by atoms with Crippen molar-refractivity contribution in [3.63, 3.8) is 0 Å². The number of benzene rings is 1. The first kappa shape index (κ1) is 24.7. The van der Waals surface area contributed by atoms with Gasteiger partial charge in [-0.3, -0.25) is 5.10 Å². The Morgan fingerprint density at radius 3 is 2.39 bits per heavy atom. The van der Waals surface area contributed by atoms with E-state index in [-0.39, 0.29) is 24.8 Å². The van der Waals surface area contributed by atoms with Crippen molar-refractivity contribution >= 4 is 41.7 Å². The van der Waals surface area contributed by atoms with Crippen LogP contribution in [0.1, 0.15) is 24.2 Å². The Balaban J connectivity index is 0.00000153. The maximum atomic E-state index is 12.8. The summed E-state index contributed by atoms with van der Waals surface area (Å²) in [5.41, 5.74) is -0.202. The largest absolute Gasteiger partial charge is 0.416 e. The van der Waals surface area contributed by atoms with Gasteiger partial charge in [-0.2, -0.15) is 18.3 Å². The molecular weight excluding hydrogens is 482 g/mol. The van der Waals surface area contributed by atoms with E-state index in [1.165, 1.54) is 18.5 Å². The van der Waals surface area contributed by atoms with E-state index in [1.807, 2.05) is 0 Å². The third kappa shape index (κ3) is 4.61. The molecule has 0 saturated carbocycles. The first-order chi connectivity index (χ1) is 14.8. The highest BCUT2D eigenvalue weighted by Gasteiger charge is 2.37. The number of hydrogen-bond donors (Lipinski definition) is 3. The molecule has 0 bridgehead atoms. The van der Waals surface area contributed by atoms with Crippen LogP contribution < -0.4 is 4.90 Å². The predicted molar refractivity (Wildman–Crippen MR) is 121 cm³/mol. The molecule has 1 aromatic carbocycles. The van der Waals surface area contributed by atoms with Gasteiger partial charge in [0.05, 0.1) is 22.8 Å². The zero-order valence-corrected chi connectivity index (χ0v) is 18.6. The number of aliphatic hydroxyl groups is 1. The minimum Gasteiger partial charge on any atom is -0.382 e. The maximum absolute atomic E-state index is 12.8. The summed E-state index contributed by atoms with van der Waals surface area (Å²) < 4.78 is 38.3. The first-order valence-electron chi connectivity index (χ1n) is 9.68. The minimum absolute atomic E-state index is 0. The summed E-state index contributed by atoms with van der Waals surface area (Å²) in [5.74, 6) is 1.16. The van der Waals surface area contributed by atoms with E-state index < -0.39 is 17.3 Å². The summed E-state index contributed by atoms with van der Waals surface area (Å²) in [6.45, 7) is 1.09. The zero-order valence-electron chi connectivity index (χ0n) is 17.0. The van der Waals surface area contributed by atoms with Gasteiger partial charge in [0.1, 0.15) is 23.6 Å². The number of hydrogen-bond acceptors (Lipinski definition) is 6. The maximum Gasteiger partial charge on any atom is 0.416 e. The van der Waals surface area contributed by atoms with Crippen molar-refractivity contribution in [1.82, 2.24) is 30.1 Å². The summed E-state index contributed by atoms with van der Waals surface area (Å²) in [4.78, 5) is 18.0. The number of nitrogens with one attached hydrogen (secondary N) is 2. The van der Waals surface area contributed by atoms with E-state index in [9.17, 15) is 18.3 Å². The average Bonchev–Trinajstić information content (AvgIpc) is 3.44. The number of nitrogens with zero attached hydrogens (tertiary/aromatic N) is 5. The van der Waals surface area contributed by atoms with Gasteiger partial charge in [0.15, 0.2) is 5.65 Å². The molecule has 0 spiro atoms. The van der Waals surface area contributed by atoms with E-state index in [0.29, 0.717) is 48.7 Å². The van der Waals surface area contributed by atoms with E-state index in [0.717, 1.165) is 23.3 Å². The van der Waals surface area contributed by atoms with Crippen LogP contribution in [0, 0.1) is 0 Å². The van der Waals surface area contributed by atoms with Crippen molar-refractivity contribution in [1.29, 1.82) is 0 Å². The van der Waals surface area contributed by atoms with Crippen LogP contribution in [0.3, 0.4) is 0 Å². The molecular formula is C20H20Cl2F3N7O. The molecule has 0 amide bonds. The molecule has 33 heavy (non-hydrogen) atoms. The molecule has 1 saturated heterocycles. The fraction of sp³-hybridized carbons (Fsp3) is 0.300. The van der Waals surface area contributed by atoms with Gasteiger partial charge in [0.2, 0.25) is 0 Å². The number of halogens is 5. The van der Waals surface area contributed by atoms with Gasteiger partial charge in [-0.05, 0) is 12.1 Å². The van der Waals surface area contributed by atoms with Crippen molar-refractivity contribution in [2.45, 2.75) is 24.6 Å². The molecule has 0 unspecified atom stereocenters. The lowest BCUT2D eigenvalue weighted by atomic mass is 9.90. The molecule has 5 rings (SSSR count). The molecule has 4 aromatic rings. The molecule has 1 fully saturated rings. The quantitative estimate of drug-likeness (QED) is 0.390. The second-order valence-electron chi connectivity index (χ2n) is 7.56. The fourth-order valence-electron chi connectivity index (χ4n) is 3.87. The third-order valence-electron chi connectivity index (χ3n) is 5.64. The second-order valence-corrected chi connectivity index (χ2v) is 7.56. The number of H-pyrrole nitrogens is 2. The molecule has 0 aliphatic carbocycles. The molecule has 13 heteroatoms. The Morgan fingerprint density at radius 1 is 1.03 bits per heavy atom. The molecule has 0 radical (unpaired) electrons. The van der Waals surface area contributed by atoms with E-state index in [2.05, 4.69) is 35.0 Å². The first-order valence-corrected chi connectivity index (χ1v) is 9.68. The van der Waals surface area contributed by atoms with Gasteiger partial charge in [-0.1, -0.05) is 12.1 Å². The van der Waals surface area contributed by atoms with E-state index in [1.54, 1.807) is 12.4 Å². The Hall–Kier alpha value is -2.89. The summed E-state index contributed by atoms with van der Waals surface area (Å²) in [6.07, 6.45) is 1.19. The highest BCUT2D eigenvalue weighted by molar-refractivity contribution is 5.86. The second kappa shape index (κ2) is 9.16. The molecule has 1 aliphatic heterocycles. The van der Waals surface area contributed by atoms with Crippen LogP contribution in [0.4, 0.5) is 19.0 Å². The van der Waals surface area contributed by atoms with E-state index in [4.69, 9.17) is 0 Å². The lowest BCUT2D eigenvalue weighted by molar-refractivity contribution is -0.137. The number of rotatable bonds is 3. The van der Waals surface area contributed by atoms with Gasteiger partial charge in [0.25, 0.3) is 0 Å². The Morgan fingerprint density at radius 2 is 1.73 bits per heavy atom. The molecule has 1 aliphatic rings. The summed E-state index contributed by atoms with van der Waals surface area (Å²) in [7, 11) is 0. The highest BCUT2D eigenvalue weighted by Crippen LogP contribution is 2.35. The summed E-state index contributed by atoms with van der Waals surface area (Å²) in [6, 6.07) is 4.80. The zero-order chi connectivity index (χ0) is 21.6. The van der Waals surface area contributed by atoms with Crippen LogP contribution in [0.25, 0.3) is 22.3 Å². The normalized spacial score (nSPS) is 15.7. The van der Waals surface area contributed by atoms with Crippen molar-refractivity contribution in [2.75, 3.05) is 18.0 Å². The molecule has 4 heterocycles. The van der Waals surface area contributed by atoms with Crippen LogP contribution in [-0.2, 0) is 11.8 Å². The van der Waals surface area contributed by atoms with Crippen molar-refractivity contribution < 1.29 is 18.3 Å². The van der Waals surface area contributed by atoms with Crippen LogP contribution >= 0.6 is 24.8 Å². The highest BCUT2D eigenvalue weighted by atomic mass is 35.5. The number of aromatic nitrogens is 6. The number of fused-ring (bicyclic) bond motifs is 1. The Labute approximate surface area is 198 Å². The van der Waals surface area contributed by atoms with Crippen molar-refractivity contribution in [3.05, 3.63) is 54.4 Å². The van der Waals surface area contributed by atoms with Crippen LogP contribution in [0.5, 0.6) is 0 Å². The van der Waals surface area contributed by atoms with Gasteiger partial charge in [0, 0.05) is 37.7 Å². The molecule has 3 N–H and O–H groups in total. The average molecular weight is 502 g/mol. The fourth-order valence-corrected chi connectivity index (χ4v) is 3.87. The lowest BCUT2D eigenvalue weighted by Gasteiger charge is -2.37. The monoisotopic (exact) mass is 501 g/mol. The molecule has 3 aromatic heterocycles. The number of aromatic amines is 2. The predicted octanol–water partition coefficient (Wildman–Crippen LogP) is 4.09. The van der Waals surface area contributed by atoms with Gasteiger partial charge in [-0.25, -0.2) is 15.0 Å². The van der Waals surface area contributed by atoms with E-state index >= 15 is 0 Å². The molecule has 0 atom stereocenters. The summed E-state index contributed by atoms with van der Waals surface area (Å²) in [5, 5.41) is 18.8. The molecule has 8 nitrogen and oxygen atoms in total. The standard InChI is InChI=1S/C20H18F3N7O.2ClH/c21-20(22,23)13-3-1-12(2-4-13)15-10-24-18(28-15)19(31)5-7-30(8-6-19)17-14-9-27-29-16(14)25-11-26-17;;/h1-4,9-11,31H,5-8H2,(H,24,28)(H,25,26,27,29);2*1H. The van der Waals surface area contributed by atoms with Gasteiger partial charge < -0.3 is 15.0 Å².